The number of allylic oxidation sites excluding steroid dienone is 1. The highest BCUT2D eigenvalue weighted by Crippen LogP contribution is 2.38. The zero-order valence-electron chi connectivity index (χ0n) is 18.0. The quantitative estimate of drug-likeness (QED) is 0.427. The molecule has 4 heteroatoms. The lowest BCUT2D eigenvalue weighted by molar-refractivity contribution is -0.131. The molecule has 0 spiro atoms. The number of hydrogen-bond donors (Lipinski definition) is 1. The Hall–Kier alpha value is -1.71. The van der Waals surface area contributed by atoms with Gasteiger partial charge in [0.05, 0.1) is 0 Å². The highest BCUT2D eigenvalue weighted by molar-refractivity contribution is 5.79. The summed E-state index contributed by atoms with van der Waals surface area (Å²) in [7, 11) is 0. The second-order valence-corrected chi connectivity index (χ2v) is 9.61. The van der Waals surface area contributed by atoms with Crippen molar-refractivity contribution in [3.05, 3.63) is 47.5 Å². The van der Waals surface area contributed by atoms with Crippen LogP contribution in [-0.4, -0.2) is 11.1 Å². The average Bonchev–Trinajstić information content (AvgIpc) is 2.74. The minimum Gasteiger partial charge on any atom is -0.478 e. The first-order valence-electron chi connectivity index (χ1n) is 11.8. The van der Waals surface area contributed by atoms with E-state index in [9.17, 15) is 13.6 Å². The Morgan fingerprint density at radius 1 is 0.833 bits per heavy atom. The molecule has 0 bridgehead atoms. The fourth-order valence-electron chi connectivity index (χ4n) is 5.46. The number of benzene rings is 1. The first-order chi connectivity index (χ1) is 14.5. The second kappa shape index (κ2) is 11.6. The van der Waals surface area contributed by atoms with Crippen molar-refractivity contribution in [1.29, 1.82) is 0 Å². The lowest BCUT2D eigenvalue weighted by atomic mass is 9.74. The molecule has 1 N–H and O–H groups in total. The molecule has 0 radical (unpaired) electrons. The third-order valence-electron chi connectivity index (χ3n) is 7.47. The van der Waals surface area contributed by atoms with Gasteiger partial charge in [0.2, 0.25) is 0 Å². The zero-order valence-corrected chi connectivity index (χ0v) is 18.0. The summed E-state index contributed by atoms with van der Waals surface area (Å²) in [5, 5.41) is 8.68. The first kappa shape index (κ1) is 23.0. The minimum atomic E-state index is -0.845. The van der Waals surface area contributed by atoms with Gasteiger partial charge in [-0.25, -0.2) is 13.6 Å². The van der Waals surface area contributed by atoms with Crippen molar-refractivity contribution < 1.29 is 18.7 Å². The van der Waals surface area contributed by atoms with Crippen LogP contribution in [0.1, 0.15) is 82.6 Å². The third kappa shape index (κ3) is 7.52. The molecule has 1 aromatic carbocycles. The number of halogens is 2. The molecular formula is C26H36F2O2. The van der Waals surface area contributed by atoms with E-state index in [-0.39, 0.29) is 0 Å². The summed E-state index contributed by atoms with van der Waals surface area (Å²) in [4.78, 5) is 10.6. The molecule has 2 aliphatic carbocycles. The van der Waals surface area contributed by atoms with E-state index < -0.39 is 17.6 Å². The van der Waals surface area contributed by atoms with Crippen molar-refractivity contribution in [2.45, 2.75) is 83.5 Å². The highest BCUT2D eigenvalue weighted by Gasteiger charge is 2.24. The third-order valence-corrected chi connectivity index (χ3v) is 7.47. The summed E-state index contributed by atoms with van der Waals surface area (Å²) in [5.74, 6) is 0.773. The maximum Gasteiger partial charge on any atom is 0.327 e. The van der Waals surface area contributed by atoms with Crippen LogP contribution in [-0.2, 0) is 11.2 Å². The second-order valence-electron chi connectivity index (χ2n) is 9.61. The topological polar surface area (TPSA) is 37.3 Å². The first-order valence-corrected chi connectivity index (χ1v) is 11.8. The van der Waals surface area contributed by atoms with Crippen LogP contribution in [0.2, 0.25) is 0 Å². The van der Waals surface area contributed by atoms with Gasteiger partial charge in [-0.15, -0.1) is 0 Å². The Kier molecular flexibility index (Phi) is 8.89. The number of aryl methyl sites for hydroxylation is 1. The van der Waals surface area contributed by atoms with Gasteiger partial charge in [0.15, 0.2) is 11.6 Å². The Labute approximate surface area is 179 Å². The summed E-state index contributed by atoms with van der Waals surface area (Å²) < 4.78 is 26.4. The van der Waals surface area contributed by atoms with Crippen LogP contribution >= 0.6 is 0 Å². The van der Waals surface area contributed by atoms with Gasteiger partial charge in [-0.2, -0.15) is 0 Å². The Balaban J connectivity index is 1.27. The summed E-state index contributed by atoms with van der Waals surface area (Å²) >= 11 is 0. The smallest absolute Gasteiger partial charge is 0.327 e. The monoisotopic (exact) mass is 418 g/mol. The highest BCUT2D eigenvalue weighted by atomic mass is 19.2. The fraction of sp³-hybridized carbons (Fsp3) is 0.654. The van der Waals surface area contributed by atoms with Gasteiger partial charge in [0.25, 0.3) is 0 Å². The largest absolute Gasteiger partial charge is 0.478 e. The molecule has 0 saturated heterocycles. The van der Waals surface area contributed by atoms with Gasteiger partial charge in [-0.3, -0.25) is 0 Å². The summed E-state index contributed by atoms with van der Waals surface area (Å²) in [5.41, 5.74) is 0.907. The van der Waals surface area contributed by atoms with E-state index in [0.29, 0.717) is 5.92 Å². The molecule has 2 fully saturated rings. The molecule has 2 aliphatic rings. The van der Waals surface area contributed by atoms with Crippen LogP contribution in [0, 0.1) is 35.3 Å². The summed E-state index contributed by atoms with van der Waals surface area (Å²) in [6.45, 7) is 0. The van der Waals surface area contributed by atoms with E-state index in [2.05, 4.69) is 0 Å². The lowest BCUT2D eigenvalue weighted by Gasteiger charge is -2.32. The van der Waals surface area contributed by atoms with Crippen LogP contribution < -0.4 is 0 Å². The van der Waals surface area contributed by atoms with Crippen LogP contribution in [0.15, 0.2) is 30.4 Å². The number of carboxylic acid groups (broad SMARTS) is 1. The molecular weight excluding hydrogens is 382 g/mol. The van der Waals surface area contributed by atoms with Crippen molar-refractivity contribution in [1.82, 2.24) is 0 Å². The molecule has 0 aliphatic heterocycles. The molecule has 1 aromatic rings. The van der Waals surface area contributed by atoms with Gasteiger partial charge >= 0.3 is 5.97 Å². The minimum absolute atomic E-state index is 0.668. The van der Waals surface area contributed by atoms with Crippen LogP contribution in [0.4, 0.5) is 8.78 Å². The van der Waals surface area contributed by atoms with Crippen molar-refractivity contribution >= 4 is 5.97 Å². The normalized spacial score (nSPS) is 27.4. The maximum atomic E-state index is 13.3. The molecule has 0 amide bonds. The van der Waals surface area contributed by atoms with Crippen molar-refractivity contribution in [3.63, 3.8) is 0 Å². The molecule has 30 heavy (non-hydrogen) atoms. The molecule has 0 aromatic heterocycles. The standard InChI is InChI=1S/C26H36F2O2/c27-24-17-16-23(18-25(24)28)15-14-22-12-10-21(11-13-22)9-8-20-6-4-19(5-7-20)2-1-3-26(29)30/h1,3,16-22H,2,4-15H2,(H,29,30). The fourth-order valence-corrected chi connectivity index (χ4v) is 5.46. The number of hydrogen-bond acceptors (Lipinski definition) is 1. The maximum absolute atomic E-state index is 13.3. The van der Waals surface area contributed by atoms with Crippen LogP contribution in [0.3, 0.4) is 0 Å². The van der Waals surface area contributed by atoms with E-state index in [1.807, 2.05) is 6.08 Å². The van der Waals surface area contributed by atoms with Gasteiger partial charge in [-0.05, 0) is 73.5 Å². The molecule has 0 atom stereocenters. The number of carboxylic acids is 1. The average molecular weight is 419 g/mol. The Bertz CT molecular complexity index is 699. The van der Waals surface area contributed by atoms with Crippen molar-refractivity contribution in [2.75, 3.05) is 0 Å². The molecule has 3 rings (SSSR count). The van der Waals surface area contributed by atoms with Gasteiger partial charge in [-0.1, -0.05) is 63.5 Å². The summed E-state index contributed by atoms with van der Waals surface area (Å²) in [6.07, 6.45) is 18.9. The van der Waals surface area contributed by atoms with E-state index in [4.69, 9.17) is 5.11 Å². The van der Waals surface area contributed by atoms with Crippen molar-refractivity contribution in [2.24, 2.45) is 23.7 Å². The number of rotatable bonds is 9. The van der Waals surface area contributed by atoms with E-state index in [0.717, 1.165) is 42.6 Å². The van der Waals surface area contributed by atoms with E-state index >= 15 is 0 Å². The van der Waals surface area contributed by atoms with Gasteiger partial charge < -0.3 is 5.11 Å². The SMILES string of the molecule is O=C(O)C=CCC1CCC(CCC2CCC(CCc3ccc(F)c(F)c3)CC2)CC1. The molecule has 0 heterocycles. The van der Waals surface area contributed by atoms with Crippen molar-refractivity contribution in [3.8, 4) is 0 Å². The number of aliphatic carboxylic acids is 1. The molecule has 2 nitrogen and oxygen atoms in total. The Morgan fingerprint density at radius 3 is 1.90 bits per heavy atom. The van der Waals surface area contributed by atoms with E-state index in [1.165, 1.54) is 82.4 Å². The number of carbonyl (C=O) groups is 1. The Morgan fingerprint density at radius 2 is 1.37 bits per heavy atom. The summed E-state index contributed by atoms with van der Waals surface area (Å²) in [6, 6.07) is 4.29. The predicted molar refractivity (Wildman–Crippen MR) is 116 cm³/mol. The van der Waals surface area contributed by atoms with Crippen LogP contribution in [0.5, 0.6) is 0 Å². The molecule has 0 unspecified atom stereocenters. The predicted octanol–water partition coefficient (Wildman–Crippen LogP) is 7.32. The lowest BCUT2D eigenvalue weighted by Crippen LogP contribution is -2.18. The molecule has 2 saturated carbocycles. The molecule has 166 valence electrons. The van der Waals surface area contributed by atoms with Gasteiger partial charge in [0.1, 0.15) is 0 Å². The van der Waals surface area contributed by atoms with Gasteiger partial charge in [0, 0.05) is 6.08 Å². The van der Waals surface area contributed by atoms with E-state index in [1.54, 1.807) is 6.07 Å². The zero-order chi connectivity index (χ0) is 21.3. The van der Waals surface area contributed by atoms with Crippen LogP contribution in [0.25, 0.3) is 0 Å².